The Morgan fingerprint density at radius 2 is 0.494 bits per heavy atom. The first-order chi connectivity index (χ1) is 39.0. The van der Waals surface area contributed by atoms with Gasteiger partial charge in [0.25, 0.3) is 0 Å². The molecule has 0 fully saturated rings. The van der Waals surface area contributed by atoms with Gasteiger partial charge in [0.1, 0.15) is 13.2 Å². The second-order valence-corrected chi connectivity index (χ2v) is 22.7. The summed E-state index contributed by atoms with van der Waals surface area (Å²) in [7, 11) is 0. The Kier molecular flexibility index (Phi) is 64.2. The average Bonchev–Trinajstić information content (AvgIpc) is 3.45. The Labute approximate surface area is 490 Å². The van der Waals surface area contributed by atoms with Crippen LogP contribution in [-0.4, -0.2) is 37.2 Å². The summed E-state index contributed by atoms with van der Waals surface area (Å²) < 4.78 is 16.9. The third-order valence-corrected chi connectivity index (χ3v) is 14.9. The Bertz CT molecular complexity index is 1500. The van der Waals surface area contributed by atoms with E-state index in [1.807, 2.05) is 0 Å². The normalized spacial score (nSPS) is 12.6. The molecule has 6 nitrogen and oxygen atoms in total. The predicted octanol–water partition coefficient (Wildman–Crippen LogP) is 23.4. The van der Waals surface area contributed by atoms with Crippen LogP contribution in [-0.2, 0) is 28.6 Å². The lowest BCUT2D eigenvalue weighted by atomic mass is 10.0. The van der Waals surface area contributed by atoms with Gasteiger partial charge in [-0.1, -0.05) is 311 Å². The highest BCUT2D eigenvalue weighted by molar-refractivity contribution is 5.71. The topological polar surface area (TPSA) is 78.9 Å². The van der Waals surface area contributed by atoms with E-state index < -0.39 is 6.10 Å². The molecule has 0 aliphatic rings. The number of rotatable bonds is 62. The summed E-state index contributed by atoms with van der Waals surface area (Å²) in [5.74, 6) is -0.873. The molecular formula is C73H128O6. The molecule has 0 amide bonds. The quantitative estimate of drug-likeness (QED) is 0.0261. The van der Waals surface area contributed by atoms with Crippen molar-refractivity contribution < 1.29 is 28.6 Å². The molecule has 0 aliphatic heterocycles. The number of allylic oxidation sites excluding steroid dienone is 14. The molecule has 6 heteroatoms. The number of unbranched alkanes of at least 4 members (excludes halogenated alkanes) is 37. The van der Waals surface area contributed by atoms with Gasteiger partial charge < -0.3 is 14.2 Å². The third kappa shape index (κ3) is 65.3. The van der Waals surface area contributed by atoms with Crippen LogP contribution >= 0.6 is 0 Å². The smallest absolute Gasteiger partial charge is 0.306 e. The molecule has 79 heavy (non-hydrogen) atoms. The van der Waals surface area contributed by atoms with E-state index in [0.29, 0.717) is 19.3 Å². The van der Waals surface area contributed by atoms with Gasteiger partial charge in [-0.05, 0) is 96.3 Å². The lowest BCUT2D eigenvalue weighted by Gasteiger charge is -2.18. The Balaban J connectivity index is 4.15. The first-order valence-corrected chi connectivity index (χ1v) is 34.1. The summed E-state index contributed by atoms with van der Waals surface area (Å²) in [5, 5.41) is 0. The minimum Gasteiger partial charge on any atom is -0.462 e. The molecule has 0 saturated heterocycles. The molecular weight excluding hydrogens is 973 g/mol. The second kappa shape index (κ2) is 67.1. The maximum atomic E-state index is 12.9. The van der Waals surface area contributed by atoms with Gasteiger partial charge >= 0.3 is 17.9 Å². The van der Waals surface area contributed by atoms with E-state index in [4.69, 9.17) is 14.2 Å². The summed E-state index contributed by atoms with van der Waals surface area (Å²) in [4.78, 5) is 38.3. The lowest BCUT2D eigenvalue weighted by molar-refractivity contribution is -0.167. The highest BCUT2D eigenvalue weighted by Crippen LogP contribution is 2.17. The van der Waals surface area contributed by atoms with Crippen molar-refractivity contribution in [3.8, 4) is 0 Å². The first-order valence-electron chi connectivity index (χ1n) is 34.1. The zero-order chi connectivity index (χ0) is 57.1. The molecule has 1 atom stereocenters. The van der Waals surface area contributed by atoms with Crippen LogP contribution in [0, 0.1) is 0 Å². The van der Waals surface area contributed by atoms with Crippen molar-refractivity contribution in [1.29, 1.82) is 0 Å². The molecule has 0 aromatic carbocycles. The van der Waals surface area contributed by atoms with Gasteiger partial charge in [-0.3, -0.25) is 14.4 Å². The van der Waals surface area contributed by atoms with Crippen LogP contribution in [0.4, 0.5) is 0 Å². The molecule has 1 unspecified atom stereocenters. The van der Waals surface area contributed by atoms with Crippen LogP contribution in [0.1, 0.15) is 342 Å². The average molecular weight is 1100 g/mol. The Hall–Kier alpha value is -3.41. The Morgan fingerprint density at radius 3 is 0.797 bits per heavy atom. The molecule has 0 bridgehead atoms. The summed E-state index contributed by atoms with van der Waals surface area (Å²) in [6, 6.07) is 0. The van der Waals surface area contributed by atoms with Crippen LogP contribution in [0.2, 0.25) is 0 Å². The van der Waals surface area contributed by atoms with E-state index in [2.05, 4.69) is 106 Å². The molecule has 0 N–H and O–H groups in total. The molecule has 456 valence electrons. The largest absolute Gasteiger partial charge is 0.462 e. The minimum atomic E-state index is -0.781. The molecule has 0 radical (unpaired) electrons. The minimum absolute atomic E-state index is 0.0766. The van der Waals surface area contributed by atoms with Gasteiger partial charge in [0.05, 0.1) is 0 Å². The number of hydrogen-bond donors (Lipinski definition) is 0. The van der Waals surface area contributed by atoms with E-state index in [1.165, 1.54) is 186 Å². The van der Waals surface area contributed by atoms with Crippen LogP contribution in [0.3, 0.4) is 0 Å². The fourth-order valence-corrected chi connectivity index (χ4v) is 9.80. The Morgan fingerprint density at radius 1 is 0.266 bits per heavy atom. The standard InChI is InChI=1S/C73H128O6/c1-4-7-10-13-16-19-22-25-27-28-29-30-31-32-33-34-35-36-37-38-39-40-41-42-43-44-46-48-51-54-57-60-63-66-72(75)78-69-70(68-77-71(74)65-62-59-56-53-50-47-24-21-18-15-12-9-6-3)79-73(76)67-64-61-58-55-52-49-45-26-23-20-17-14-11-8-5-2/h7,10,16-17,19-20,25-27,29-30,32-33,45,70H,4-6,8-9,11-15,18,21-24,28,31,34-44,46-69H2,1-3H3/b10-7-,19-16-,20-17-,27-25-,30-29-,33-32-,45-26-. The number of carbonyl (C=O) groups excluding carboxylic acids is 3. The van der Waals surface area contributed by atoms with E-state index in [1.54, 1.807) is 0 Å². The van der Waals surface area contributed by atoms with Crippen molar-refractivity contribution in [2.24, 2.45) is 0 Å². The predicted molar refractivity (Wildman–Crippen MR) is 344 cm³/mol. The zero-order valence-electron chi connectivity index (χ0n) is 52.4. The maximum Gasteiger partial charge on any atom is 0.306 e. The zero-order valence-corrected chi connectivity index (χ0v) is 52.4. The van der Waals surface area contributed by atoms with Crippen molar-refractivity contribution in [3.05, 3.63) is 85.1 Å². The van der Waals surface area contributed by atoms with Crippen molar-refractivity contribution in [3.63, 3.8) is 0 Å². The SMILES string of the molecule is CC/C=C\C/C=C\C/C=C\C/C=C\C/C=C\CCCCCCCCCCCCCCCCCCCC(=O)OCC(COC(=O)CCCCCCCCCCCCCCC)OC(=O)CCCCCCC/C=C\C/C=C\CCCCC. The van der Waals surface area contributed by atoms with Crippen LogP contribution in [0.15, 0.2) is 85.1 Å². The van der Waals surface area contributed by atoms with Crippen molar-refractivity contribution >= 4 is 17.9 Å². The van der Waals surface area contributed by atoms with Gasteiger partial charge in [0.2, 0.25) is 0 Å². The van der Waals surface area contributed by atoms with Gasteiger partial charge in [-0.25, -0.2) is 0 Å². The third-order valence-electron chi connectivity index (χ3n) is 14.9. The van der Waals surface area contributed by atoms with Crippen LogP contribution in [0.25, 0.3) is 0 Å². The fraction of sp³-hybridized carbons (Fsp3) is 0.767. The molecule has 0 aliphatic carbocycles. The fourth-order valence-electron chi connectivity index (χ4n) is 9.80. The van der Waals surface area contributed by atoms with E-state index in [9.17, 15) is 14.4 Å². The number of hydrogen-bond acceptors (Lipinski definition) is 6. The van der Waals surface area contributed by atoms with Crippen LogP contribution < -0.4 is 0 Å². The highest BCUT2D eigenvalue weighted by atomic mass is 16.6. The van der Waals surface area contributed by atoms with E-state index >= 15 is 0 Å². The number of carbonyl (C=O) groups is 3. The van der Waals surface area contributed by atoms with Crippen molar-refractivity contribution in [1.82, 2.24) is 0 Å². The summed E-state index contributed by atoms with van der Waals surface area (Å²) in [6.45, 7) is 6.53. The number of ether oxygens (including phenoxy) is 3. The molecule has 0 aromatic heterocycles. The molecule has 0 saturated carbocycles. The molecule has 0 spiro atoms. The van der Waals surface area contributed by atoms with Gasteiger partial charge in [0.15, 0.2) is 6.10 Å². The van der Waals surface area contributed by atoms with E-state index in [0.717, 1.165) is 116 Å². The highest BCUT2D eigenvalue weighted by Gasteiger charge is 2.19. The van der Waals surface area contributed by atoms with Gasteiger partial charge in [0, 0.05) is 19.3 Å². The summed E-state index contributed by atoms with van der Waals surface area (Å²) in [6.07, 6.45) is 89.0. The second-order valence-electron chi connectivity index (χ2n) is 22.7. The van der Waals surface area contributed by atoms with Crippen molar-refractivity contribution in [2.75, 3.05) is 13.2 Å². The molecule has 0 rings (SSSR count). The molecule has 0 aromatic rings. The molecule has 0 heterocycles. The number of esters is 3. The summed E-state index contributed by atoms with van der Waals surface area (Å²) >= 11 is 0. The van der Waals surface area contributed by atoms with E-state index in [-0.39, 0.29) is 31.1 Å². The van der Waals surface area contributed by atoms with Gasteiger partial charge in [-0.2, -0.15) is 0 Å². The first kappa shape index (κ1) is 75.6. The monoisotopic (exact) mass is 1100 g/mol. The van der Waals surface area contributed by atoms with Gasteiger partial charge in [-0.15, -0.1) is 0 Å². The maximum absolute atomic E-state index is 12.9. The van der Waals surface area contributed by atoms with Crippen LogP contribution in [0.5, 0.6) is 0 Å². The van der Waals surface area contributed by atoms with Crippen molar-refractivity contribution in [2.45, 2.75) is 348 Å². The lowest BCUT2D eigenvalue weighted by Crippen LogP contribution is -2.30. The summed E-state index contributed by atoms with van der Waals surface area (Å²) in [5.41, 5.74) is 0.